The van der Waals surface area contributed by atoms with Crippen LogP contribution in [-0.2, 0) is 0 Å². The van der Waals surface area contributed by atoms with Crippen molar-refractivity contribution in [1.82, 2.24) is 15.3 Å². The Morgan fingerprint density at radius 1 is 1.57 bits per heavy atom. The molecule has 1 fully saturated rings. The first-order valence-electron chi connectivity index (χ1n) is 5.04. The van der Waals surface area contributed by atoms with Gasteiger partial charge in [-0.3, -0.25) is 0 Å². The summed E-state index contributed by atoms with van der Waals surface area (Å²) in [5.74, 6) is 0.860. The van der Waals surface area contributed by atoms with Gasteiger partial charge in [-0.25, -0.2) is 9.97 Å². The number of nitrogens with one attached hydrogen (secondary N) is 1. The summed E-state index contributed by atoms with van der Waals surface area (Å²) in [5, 5.41) is 3.35. The molecule has 2 rings (SSSR count). The summed E-state index contributed by atoms with van der Waals surface area (Å²) < 4.78 is 0. The van der Waals surface area contributed by atoms with Crippen LogP contribution in [0.2, 0.25) is 0 Å². The van der Waals surface area contributed by atoms with Crippen molar-refractivity contribution in [3.63, 3.8) is 0 Å². The molecule has 2 heterocycles. The van der Waals surface area contributed by atoms with Gasteiger partial charge >= 0.3 is 0 Å². The second kappa shape index (κ2) is 3.92. The number of hydrogen-bond acceptors (Lipinski definition) is 4. The normalized spacial score (nSPS) is 22.4. The Hall–Kier alpha value is -1.16. The first-order valence-corrected chi connectivity index (χ1v) is 5.04. The fourth-order valence-electron chi connectivity index (χ4n) is 1.71. The molecule has 1 aliphatic rings. The predicted molar refractivity (Wildman–Crippen MR) is 56.4 cm³/mol. The summed E-state index contributed by atoms with van der Waals surface area (Å²) in [5.41, 5.74) is 1.03. The van der Waals surface area contributed by atoms with Crippen LogP contribution < -0.4 is 10.2 Å². The van der Waals surface area contributed by atoms with E-state index in [0.29, 0.717) is 6.04 Å². The fourth-order valence-corrected chi connectivity index (χ4v) is 1.71. The van der Waals surface area contributed by atoms with Crippen LogP contribution in [0.15, 0.2) is 12.3 Å². The lowest BCUT2D eigenvalue weighted by Gasteiger charge is -2.33. The quantitative estimate of drug-likeness (QED) is 0.707. The maximum absolute atomic E-state index is 4.43. The maximum atomic E-state index is 4.43. The number of hydrogen-bond donors (Lipinski definition) is 1. The lowest BCUT2D eigenvalue weighted by molar-refractivity contribution is 0.492. The van der Waals surface area contributed by atoms with Gasteiger partial charge in [0.25, 0.3) is 0 Å². The molecular weight excluding hydrogens is 176 g/mol. The zero-order chi connectivity index (χ0) is 9.97. The van der Waals surface area contributed by atoms with Crippen LogP contribution in [-0.4, -0.2) is 35.6 Å². The molecule has 0 aliphatic carbocycles. The molecule has 0 aromatic carbocycles. The van der Waals surface area contributed by atoms with Gasteiger partial charge in [0.2, 0.25) is 5.95 Å². The van der Waals surface area contributed by atoms with E-state index in [4.69, 9.17) is 0 Å². The smallest absolute Gasteiger partial charge is 0.225 e. The molecule has 0 radical (unpaired) electrons. The monoisotopic (exact) mass is 192 g/mol. The third kappa shape index (κ3) is 1.85. The Balaban J connectivity index is 2.20. The molecule has 1 aromatic rings. The van der Waals surface area contributed by atoms with Gasteiger partial charge in [-0.1, -0.05) is 0 Å². The average Bonchev–Trinajstić information content (AvgIpc) is 2.18. The van der Waals surface area contributed by atoms with Gasteiger partial charge in [-0.05, 0) is 19.9 Å². The van der Waals surface area contributed by atoms with Crippen molar-refractivity contribution in [2.75, 3.05) is 24.5 Å². The molecule has 1 N–H and O–H groups in total. The molecular formula is C10H16N4. The minimum atomic E-state index is 0.477. The number of piperazine rings is 1. The summed E-state index contributed by atoms with van der Waals surface area (Å²) in [4.78, 5) is 11.0. The van der Waals surface area contributed by atoms with Gasteiger partial charge in [-0.2, -0.15) is 0 Å². The molecule has 1 atom stereocenters. The van der Waals surface area contributed by atoms with Crippen molar-refractivity contribution in [1.29, 1.82) is 0 Å². The molecule has 14 heavy (non-hydrogen) atoms. The van der Waals surface area contributed by atoms with E-state index in [1.165, 1.54) is 0 Å². The Labute approximate surface area is 84.4 Å². The minimum absolute atomic E-state index is 0.477. The van der Waals surface area contributed by atoms with E-state index in [0.717, 1.165) is 31.3 Å². The van der Waals surface area contributed by atoms with Gasteiger partial charge in [0.1, 0.15) is 0 Å². The van der Waals surface area contributed by atoms with Gasteiger partial charge < -0.3 is 10.2 Å². The Kier molecular flexibility index (Phi) is 2.63. The highest BCUT2D eigenvalue weighted by atomic mass is 15.3. The van der Waals surface area contributed by atoms with Crippen molar-refractivity contribution in [3.8, 4) is 0 Å². The van der Waals surface area contributed by atoms with Crippen molar-refractivity contribution in [3.05, 3.63) is 18.0 Å². The van der Waals surface area contributed by atoms with Crippen LogP contribution in [0.4, 0.5) is 5.95 Å². The van der Waals surface area contributed by atoms with E-state index in [2.05, 4.69) is 27.1 Å². The molecule has 0 bridgehead atoms. The minimum Gasteiger partial charge on any atom is -0.336 e. The Morgan fingerprint density at radius 2 is 2.43 bits per heavy atom. The Bertz CT molecular complexity index is 313. The number of nitrogens with zero attached hydrogens (tertiary/aromatic N) is 3. The van der Waals surface area contributed by atoms with E-state index in [-0.39, 0.29) is 0 Å². The molecule has 4 nitrogen and oxygen atoms in total. The topological polar surface area (TPSA) is 41.1 Å². The second-order valence-corrected chi connectivity index (χ2v) is 3.74. The SMILES string of the molecule is Cc1ccnc(N2CCNC[C@@H]2C)n1. The first kappa shape index (κ1) is 9.40. The highest BCUT2D eigenvalue weighted by Crippen LogP contribution is 2.12. The zero-order valence-electron chi connectivity index (χ0n) is 8.70. The first-order chi connectivity index (χ1) is 6.77. The number of aromatic nitrogens is 2. The van der Waals surface area contributed by atoms with Crippen molar-refractivity contribution >= 4 is 5.95 Å². The Morgan fingerprint density at radius 3 is 3.14 bits per heavy atom. The molecule has 1 aliphatic heterocycles. The standard InChI is InChI=1S/C10H16N4/c1-8-3-4-12-10(13-8)14-6-5-11-7-9(14)2/h3-4,9,11H,5-7H2,1-2H3/t9-/m0/s1. The summed E-state index contributed by atoms with van der Waals surface area (Å²) in [6.07, 6.45) is 1.83. The average molecular weight is 192 g/mol. The van der Waals surface area contributed by atoms with E-state index < -0.39 is 0 Å². The third-order valence-corrected chi connectivity index (χ3v) is 2.54. The van der Waals surface area contributed by atoms with Crippen LogP contribution in [0.5, 0.6) is 0 Å². The van der Waals surface area contributed by atoms with Gasteiger partial charge in [-0.15, -0.1) is 0 Å². The molecule has 76 valence electrons. The number of aryl methyl sites for hydroxylation is 1. The van der Waals surface area contributed by atoms with Crippen LogP contribution in [0.3, 0.4) is 0 Å². The van der Waals surface area contributed by atoms with Gasteiger partial charge in [0.05, 0.1) is 0 Å². The second-order valence-electron chi connectivity index (χ2n) is 3.74. The van der Waals surface area contributed by atoms with Crippen LogP contribution >= 0.6 is 0 Å². The number of rotatable bonds is 1. The maximum Gasteiger partial charge on any atom is 0.225 e. The van der Waals surface area contributed by atoms with Gasteiger partial charge in [0.15, 0.2) is 0 Å². The zero-order valence-corrected chi connectivity index (χ0v) is 8.70. The highest BCUT2D eigenvalue weighted by molar-refractivity contribution is 5.32. The third-order valence-electron chi connectivity index (χ3n) is 2.54. The lowest BCUT2D eigenvalue weighted by Crippen LogP contribution is -2.50. The molecule has 0 saturated carbocycles. The van der Waals surface area contributed by atoms with Crippen LogP contribution in [0, 0.1) is 6.92 Å². The number of anilines is 1. The largest absolute Gasteiger partial charge is 0.336 e. The van der Waals surface area contributed by atoms with Crippen LogP contribution in [0.25, 0.3) is 0 Å². The van der Waals surface area contributed by atoms with E-state index in [1.54, 1.807) is 0 Å². The van der Waals surface area contributed by atoms with Gasteiger partial charge in [0, 0.05) is 37.6 Å². The highest BCUT2D eigenvalue weighted by Gasteiger charge is 2.19. The van der Waals surface area contributed by atoms with Crippen molar-refractivity contribution < 1.29 is 0 Å². The molecule has 1 saturated heterocycles. The summed E-state index contributed by atoms with van der Waals surface area (Å²) >= 11 is 0. The molecule has 4 heteroatoms. The molecule has 0 amide bonds. The molecule has 0 unspecified atom stereocenters. The lowest BCUT2D eigenvalue weighted by atomic mass is 10.2. The molecule has 0 spiro atoms. The van der Waals surface area contributed by atoms with E-state index in [1.807, 2.05) is 19.2 Å². The summed E-state index contributed by atoms with van der Waals surface area (Å²) in [6.45, 7) is 7.21. The van der Waals surface area contributed by atoms with Crippen LogP contribution in [0.1, 0.15) is 12.6 Å². The fraction of sp³-hybridized carbons (Fsp3) is 0.600. The summed E-state index contributed by atoms with van der Waals surface area (Å²) in [6, 6.07) is 2.40. The summed E-state index contributed by atoms with van der Waals surface area (Å²) in [7, 11) is 0. The molecule has 1 aromatic heterocycles. The van der Waals surface area contributed by atoms with Crippen molar-refractivity contribution in [2.45, 2.75) is 19.9 Å². The predicted octanol–water partition coefficient (Wildman–Crippen LogP) is 0.583. The van der Waals surface area contributed by atoms with E-state index in [9.17, 15) is 0 Å². The van der Waals surface area contributed by atoms with E-state index >= 15 is 0 Å². The van der Waals surface area contributed by atoms with Crippen molar-refractivity contribution in [2.24, 2.45) is 0 Å².